The van der Waals surface area contributed by atoms with E-state index in [9.17, 15) is 13.2 Å². The van der Waals surface area contributed by atoms with E-state index in [1.165, 1.54) is 21.5 Å². The number of piperazine rings is 1. The third-order valence-electron chi connectivity index (χ3n) is 7.78. The predicted molar refractivity (Wildman–Crippen MR) is 147 cm³/mol. The Morgan fingerprint density at radius 2 is 1.81 bits per heavy atom. The van der Waals surface area contributed by atoms with E-state index < -0.39 is 10.0 Å². The number of aryl methyl sites for hydroxylation is 1. The number of rotatable bonds is 5. The van der Waals surface area contributed by atoms with Gasteiger partial charge in [-0.05, 0) is 60.3 Å². The van der Waals surface area contributed by atoms with Gasteiger partial charge in [-0.3, -0.25) is 4.90 Å². The number of hydrogen-bond donors (Lipinski definition) is 1. The Morgan fingerprint density at radius 1 is 1.05 bits per heavy atom. The van der Waals surface area contributed by atoms with Crippen LogP contribution in [-0.4, -0.2) is 97.1 Å². The molecule has 1 aromatic heterocycles. The highest BCUT2D eigenvalue weighted by atomic mass is 35.5. The Bertz CT molecular complexity index is 1400. The lowest BCUT2D eigenvalue weighted by Gasteiger charge is -2.35. The molecule has 5 rings (SSSR count). The summed E-state index contributed by atoms with van der Waals surface area (Å²) < 4.78 is 25.2. The van der Waals surface area contributed by atoms with E-state index in [2.05, 4.69) is 47.3 Å². The third-order valence-corrected chi connectivity index (χ3v) is 9.49. The number of nitrogens with zero attached hydrogens (tertiary/aromatic N) is 4. The maximum absolute atomic E-state index is 13.5. The summed E-state index contributed by atoms with van der Waals surface area (Å²) in [5.41, 5.74) is 4.50. The molecule has 1 unspecified atom stereocenters. The van der Waals surface area contributed by atoms with Gasteiger partial charge in [0, 0.05) is 74.5 Å². The lowest BCUT2D eigenvalue weighted by atomic mass is 9.92. The third kappa shape index (κ3) is 5.50. The summed E-state index contributed by atoms with van der Waals surface area (Å²) in [6, 6.07) is 14.8. The number of likely N-dealkylation sites (tertiary alicyclic amines) is 1. The normalized spacial score (nSPS) is 21.3. The van der Waals surface area contributed by atoms with Crippen molar-refractivity contribution in [3.8, 4) is 0 Å². The van der Waals surface area contributed by atoms with Crippen LogP contribution >= 0.6 is 11.6 Å². The lowest BCUT2D eigenvalue weighted by Crippen LogP contribution is -2.53. The molecule has 2 aliphatic heterocycles. The number of aromatic amines is 1. The summed E-state index contributed by atoms with van der Waals surface area (Å²) in [5, 5.41) is 1.92. The van der Waals surface area contributed by atoms with Crippen LogP contribution in [0.4, 0.5) is 4.79 Å². The lowest BCUT2D eigenvalue weighted by molar-refractivity contribution is 0.138. The summed E-state index contributed by atoms with van der Waals surface area (Å²) in [5.74, 6) is 0.111. The van der Waals surface area contributed by atoms with Gasteiger partial charge in [-0.15, -0.1) is 0 Å². The molecule has 2 aliphatic rings. The number of nitrogens with one attached hydrogen (secondary N) is 1. The van der Waals surface area contributed by atoms with Crippen molar-refractivity contribution in [2.45, 2.75) is 25.4 Å². The average molecular weight is 544 g/mol. The summed E-state index contributed by atoms with van der Waals surface area (Å²) in [7, 11) is -1.13. The topological polar surface area (TPSA) is 80.0 Å². The van der Waals surface area contributed by atoms with E-state index in [0.717, 1.165) is 28.2 Å². The quantitative estimate of drug-likeness (QED) is 0.532. The molecule has 2 amide bonds. The number of halogens is 1. The Hall–Kier alpha value is -2.59. The van der Waals surface area contributed by atoms with E-state index in [-0.39, 0.29) is 18.0 Å². The van der Waals surface area contributed by atoms with E-state index in [1.54, 1.807) is 4.90 Å². The molecule has 3 aromatic rings. The van der Waals surface area contributed by atoms with Gasteiger partial charge < -0.3 is 14.8 Å². The van der Waals surface area contributed by atoms with Crippen molar-refractivity contribution in [3.63, 3.8) is 0 Å². The number of urea groups is 1. The molecule has 0 saturated carbocycles. The molecule has 10 heteroatoms. The van der Waals surface area contributed by atoms with Crippen molar-refractivity contribution in [1.82, 2.24) is 24.0 Å². The van der Waals surface area contributed by atoms with Gasteiger partial charge in [0.1, 0.15) is 0 Å². The first-order chi connectivity index (χ1) is 17.6. The van der Waals surface area contributed by atoms with Gasteiger partial charge in [0.05, 0.1) is 6.26 Å². The molecule has 8 nitrogen and oxygen atoms in total. The van der Waals surface area contributed by atoms with Crippen LogP contribution in [0.2, 0.25) is 5.02 Å². The molecular formula is C27H34ClN5O3S. The van der Waals surface area contributed by atoms with E-state index in [4.69, 9.17) is 11.6 Å². The molecule has 0 bridgehead atoms. The fourth-order valence-electron chi connectivity index (χ4n) is 5.57. The van der Waals surface area contributed by atoms with Gasteiger partial charge in [-0.25, -0.2) is 13.2 Å². The van der Waals surface area contributed by atoms with Crippen molar-refractivity contribution in [3.05, 3.63) is 70.4 Å². The van der Waals surface area contributed by atoms with Crippen LogP contribution in [0.1, 0.15) is 22.6 Å². The van der Waals surface area contributed by atoms with Gasteiger partial charge in [0.2, 0.25) is 10.0 Å². The summed E-state index contributed by atoms with van der Waals surface area (Å²) >= 11 is 6.51. The molecule has 2 aromatic carbocycles. The van der Waals surface area contributed by atoms with Gasteiger partial charge in [0.25, 0.3) is 0 Å². The number of aromatic nitrogens is 1. The largest absolute Gasteiger partial charge is 0.361 e. The van der Waals surface area contributed by atoms with Gasteiger partial charge in [0.15, 0.2) is 0 Å². The van der Waals surface area contributed by atoms with Crippen LogP contribution in [0.25, 0.3) is 10.9 Å². The van der Waals surface area contributed by atoms with E-state index in [1.807, 2.05) is 30.2 Å². The zero-order valence-corrected chi connectivity index (χ0v) is 23.1. The second-order valence-corrected chi connectivity index (χ2v) is 12.7. The summed E-state index contributed by atoms with van der Waals surface area (Å²) in [6.45, 7) is 5.42. The number of amides is 2. The monoisotopic (exact) mass is 543 g/mol. The number of benzene rings is 2. The van der Waals surface area contributed by atoms with Crippen molar-refractivity contribution in [2.24, 2.45) is 0 Å². The number of hydrogen-bond acceptors (Lipinski definition) is 4. The first-order valence-corrected chi connectivity index (χ1v) is 14.8. The maximum atomic E-state index is 13.5. The minimum absolute atomic E-state index is 0.0269. The first kappa shape index (κ1) is 26.0. The second-order valence-electron chi connectivity index (χ2n) is 10.3. The highest BCUT2D eigenvalue weighted by Gasteiger charge is 2.40. The Labute approximate surface area is 223 Å². The summed E-state index contributed by atoms with van der Waals surface area (Å²) in [6.07, 6.45) is 3.17. The van der Waals surface area contributed by atoms with Crippen LogP contribution in [-0.2, 0) is 16.6 Å². The van der Waals surface area contributed by atoms with Crippen molar-refractivity contribution in [2.75, 3.05) is 52.6 Å². The van der Waals surface area contributed by atoms with Crippen LogP contribution in [0.3, 0.4) is 0 Å². The second kappa shape index (κ2) is 10.3. The number of carbonyl (C=O) groups is 1. The molecule has 1 N–H and O–H groups in total. The fourth-order valence-corrected chi connectivity index (χ4v) is 6.59. The molecule has 2 saturated heterocycles. The van der Waals surface area contributed by atoms with Crippen molar-refractivity contribution < 1.29 is 13.2 Å². The summed E-state index contributed by atoms with van der Waals surface area (Å²) in [4.78, 5) is 22.8. The standard InChI is InChI=1S/C27H34ClN5O3S/c1-19-4-6-21(15-24(19)28)23-17-32(27(34)31-10-12-33(13-11-31)37(3,35)36)18-26(23)30(2)16-20-5-7-25-22(14-20)8-9-29-25/h4-9,14-15,23,26,29H,10-13,16-18H2,1-3H3/t23-,26?/m1/s1. The van der Waals surface area contributed by atoms with Crippen LogP contribution in [0, 0.1) is 6.92 Å². The van der Waals surface area contributed by atoms with Crippen LogP contribution in [0.15, 0.2) is 48.7 Å². The first-order valence-electron chi connectivity index (χ1n) is 12.6. The molecule has 2 atom stereocenters. The molecule has 37 heavy (non-hydrogen) atoms. The van der Waals surface area contributed by atoms with E-state index in [0.29, 0.717) is 39.3 Å². The molecule has 0 radical (unpaired) electrons. The zero-order valence-electron chi connectivity index (χ0n) is 21.5. The Morgan fingerprint density at radius 3 is 2.51 bits per heavy atom. The average Bonchev–Trinajstić information content (AvgIpc) is 3.52. The van der Waals surface area contributed by atoms with Gasteiger partial charge in [-0.1, -0.05) is 29.8 Å². The van der Waals surface area contributed by atoms with Gasteiger partial charge in [-0.2, -0.15) is 4.31 Å². The van der Waals surface area contributed by atoms with Crippen molar-refractivity contribution in [1.29, 1.82) is 0 Å². The number of fused-ring (bicyclic) bond motifs is 1. The van der Waals surface area contributed by atoms with Gasteiger partial charge >= 0.3 is 6.03 Å². The highest BCUT2D eigenvalue weighted by Crippen LogP contribution is 2.34. The highest BCUT2D eigenvalue weighted by molar-refractivity contribution is 7.88. The number of carbonyl (C=O) groups excluding carboxylic acids is 1. The zero-order chi connectivity index (χ0) is 26.3. The number of sulfonamides is 1. The number of H-pyrrole nitrogens is 1. The smallest absolute Gasteiger partial charge is 0.320 e. The number of likely N-dealkylation sites (N-methyl/N-ethyl adjacent to an activating group) is 1. The Kier molecular flexibility index (Phi) is 7.24. The predicted octanol–water partition coefficient (Wildman–Crippen LogP) is 3.73. The fraction of sp³-hybridized carbons (Fsp3) is 0.444. The van der Waals surface area contributed by atoms with Crippen LogP contribution < -0.4 is 0 Å². The molecular weight excluding hydrogens is 510 g/mol. The minimum Gasteiger partial charge on any atom is -0.361 e. The van der Waals surface area contributed by atoms with E-state index >= 15 is 0 Å². The maximum Gasteiger partial charge on any atom is 0.320 e. The SMILES string of the molecule is Cc1ccc([C@H]2CN(C(=O)N3CCN(S(C)(=O)=O)CC3)CC2N(C)Cc2ccc3[nH]ccc3c2)cc1Cl. The van der Waals surface area contributed by atoms with Crippen molar-refractivity contribution >= 4 is 38.6 Å². The Balaban J connectivity index is 1.35. The molecule has 3 heterocycles. The molecule has 198 valence electrons. The molecule has 0 aliphatic carbocycles. The van der Waals surface area contributed by atoms with Crippen LogP contribution in [0.5, 0.6) is 0 Å². The molecule has 0 spiro atoms. The molecule has 2 fully saturated rings. The minimum atomic E-state index is -3.25.